The van der Waals surface area contributed by atoms with Crippen LogP contribution in [-0.2, 0) is 6.42 Å². The van der Waals surface area contributed by atoms with Crippen molar-refractivity contribution < 1.29 is 4.74 Å². The van der Waals surface area contributed by atoms with Crippen LogP contribution in [0.25, 0.3) is 0 Å². The summed E-state index contributed by atoms with van der Waals surface area (Å²) in [7, 11) is 0. The third kappa shape index (κ3) is 3.06. The van der Waals surface area contributed by atoms with Crippen molar-refractivity contribution in [3.05, 3.63) is 59.9 Å². The van der Waals surface area contributed by atoms with Crippen molar-refractivity contribution in [2.45, 2.75) is 26.4 Å². The van der Waals surface area contributed by atoms with Crippen molar-refractivity contribution in [3.8, 4) is 5.75 Å². The Hall–Kier alpha value is -1.83. The lowest BCUT2D eigenvalue weighted by Crippen LogP contribution is -2.03. The first-order chi connectivity index (χ1) is 8.29. The fourth-order valence-corrected chi connectivity index (χ4v) is 1.75. The van der Waals surface area contributed by atoms with Gasteiger partial charge in [-0.05, 0) is 48.7 Å². The predicted octanol–water partition coefficient (Wildman–Crippen LogP) is 3.78. The van der Waals surface area contributed by atoms with E-state index in [2.05, 4.69) is 24.0 Å². The first kappa shape index (κ1) is 11.6. The number of aryl methyl sites for hydroxylation is 1. The highest BCUT2D eigenvalue weighted by molar-refractivity contribution is 5.29. The maximum atomic E-state index is 5.92. The summed E-state index contributed by atoms with van der Waals surface area (Å²) in [5.74, 6) is 0.925. The number of ether oxygens (including phenoxy) is 1. The summed E-state index contributed by atoms with van der Waals surface area (Å²) in [6, 6.07) is 12.2. The fourth-order valence-electron chi connectivity index (χ4n) is 1.75. The number of benzene rings is 1. The Morgan fingerprint density at radius 3 is 2.65 bits per heavy atom. The van der Waals surface area contributed by atoms with Gasteiger partial charge in [0, 0.05) is 12.4 Å². The van der Waals surface area contributed by atoms with E-state index >= 15 is 0 Å². The predicted molar refractivity (Wildman–Crippen MR) is 69.1 cm³/mol. The molecule has 0 N–H and O–H groups in total. The molecule has 1 atom stereocenters. The van der Waals surface area contributed by atoms with Gasteiger partial charge in [-0.25, -0.2) is 0 Å². The van der Waals surface area contributed by atoms with Gasteiger partial charge in [0.1, 0.15) is 11.9 Å². The maximum absolute atomic E-state index is 5.92. The van der Waals surface area contributed by atoms with E-state index in [0.29, 0.717) is 0 Å². The molecular weight excluding hydrogens is 210 g/mol. The molecule has 0 saturated heterocycles. The summed E-state index contributed by atoms with van der Waals surface area (Å²) in [6.07, 6.45) is 4.65. The van der Waals surface area contributed by atoms with Crippen molar-refractivity contribution in [3.63, 3.8) is 0 Å². The Labute approximate surface area is 102 Å². The lowest BCUT2D eigenvalue weighted by atomic mass is 10.1. The molecule has 0 aliphatic heterocycles. The zero-order chi connectivity index (χ0) is 12.1. The molecule has 88 valence electrons. The molecule has 0 radical (unpaired) electrons. The molecule has 1 heterocycles. The molecule has 1 aromatic carbocycles. The van der Waals surface area contributed by atoms with Crippen molar-refractivity contribution >= 4 is 0 Å². The second-order valence-electron chi connectivity index (χ2n) is 4.04. The fraction of sp³-hybridized carbons (Fsp3) is 0.267. The van der Waals surface area contributed by atoms with Crippen LogP contribution in [0.2, 0.25) is 0 Å². The highest BCUT2D eigenvalue weighted by Gasteiger charge is 2.06. The molecule has 2 heteroatoms. The van der Waals surface area contributed by atoms with E-state index in [-0.39, 0.29) is 6.10 Å². The SMILES string of the molecule is CCc1cccc(OC(C)c2ccncc2)c1. The van der Waals surface area contributed by atoms with Gasteiger partial charge in [-0.15, -0.1) is 0 Å². The van der Waals surface area contributed by atoms with Gasteiger partial charge in [-0.2, -0.15) is 0 Å². The molecule has 0 spiro atoms. The van der Waals surface area contributed by atoms with Gasteiger partial charge in [0.2, 0.25) is 0 Å². The van der Waals surface area contributed by atoms with Gasteiger partial charge in [0.05, 0.1) is 0 Å². The second-order valence-corrected chi connectivity index (χ2v) is 4.04. The minimum Gasteiger partial charge on any atom is -0.486 e. The average molecular weight is 227 g/mol. The van der Waals surface area contributed by atoms with Crippen molar-refractivity contribution in [2.24, 2.45) is 0 Å². The summed E-state index contributed by atoms with van der Waals surface area (Å²) >= 11 is 0. The molecule has 0 aliphatic rings. The van der Waals surface area contributed by atoms with Crippen LogP contribution in [0.4, 0.5) is 0 Å². The number of aromatic nitrogens is 1. The van der Waals surface area contributed by atoms with Gasteiger partial charge < -0.3 is 4.74 Å². The summed E-state index contributed by atoms with van der Waals surface area (Å²) in [5.41, 5.74) is 2.44. The number of hydrogen-bond donors (Lipinski definition) is 0. The van der Waals surface area contributed by atoms with Crippen molar-refractivity contribution in [2.75, 3.05) is 0 Å². The third-order valence-electron chi connectivity index (χ3n) is 2.80. The molecule has 17 heavy (non-hydrogen) atoms. The van der Waals surface area contributed by atoms with Gasteiger partial charge in [0.25, 0.3) is 0 Å². The topological polar surface area (TPSA) is 22.1 Å². The zero-order valence-corrected chi connectivity index (χ0v) is 10.3. The largest absolute Gasteiger partial charge is 0.486 e. The molecule has 2 nitrogen and oxygen atoms in total. The summed E-state index contributed by atoms with van der Waals surface area (Å²) < 4.78 is 5.92. The van der Waals surface area contributed by atoms with Gasteiger partial charge >= 0.3 is 0 Å². The van der Waals surface area contributed by atoms with Crippen LogP contribution in [-0.4, -0.2) is 4.98 Å². The number of nitrogens with zero attached hydrogens (tertiary/aromatic N) is 1. The minimum absolute atomic E-state index is 0.0464. The van der Waals surface area contributed by atoms with E-state index in [1.807, 2.05) is 31.2 Å². The number of hydrogen-bond acceptors (Lipinski definition) is 2. The molecule has 0 aliphatic carbocycles. The quantitative estimate of drug-likeness (QED) is 0.793. The monoisotopic (exact) mass is 227 g/mol. The standard InChI is InChI=1S/C15H17NO/c1-3-13-5-4-6-15(11-13)17-12(2)14-7-9-16-10-8-14/h4-12H,3H2,1-2H3. The third-order valence-corrected chi connectivity index (χ3v) is 2.80. The Balaban J connectivity index is 2.10. The Bertz CT molecular complexity index is 467. The molecule has 0 bridgehead atoms. The van der Waals surface area contributed by atoms with Crippen molar-refractivity contribution in [1.29, 1.82) is 0 Å². The summed E-state index contributed by atoms with van der Waals surface area (Å²) in [4.78, 5) is 4.01. The van der Waals surface area contributed by atoms with E-state index < -0.39 is 0 Å². The molecular formula is C15H17NO. The van der Waals surface area contributed by atoms with Crippen LogP contribution in [0.1, 0.15) is 31.1 Å². The van der Waals surface area contributed by atoms with Crippen molar-refractivity contribution in [1.82, 2.24) is 4.98 Å². The average Bonchev–Trinajstić information content (AvgIpc) is 2.40. The molecule has 1 unspecified atom stereocenters. The van der Waals surface area contributed by atoms with Crippen LogP contribution in [0.5, 0.6) is 5.75 Å². The molecule has 2 aromatic rings. The first-order valence-electron chi connectivity index (χ1n) is 5.95. The molecule has 0 fully saturated rings. The van der Waals surface area contributed by atoms with E-state index in [9.17, 15) is 0 Å². The van der Waals surface area contributed by atoms with E-state index in [4.69, 9.17) is 4.74 Å². The van der Waals surface area contributed by atoms with Crippen LogP contribution in [0, 0.1) is 0 Å². The van der Waals surface area contributed by atoms with Crippen LogP contribution in [0.15, 0.2) is 48.8 Å². The molecule has 2 rings (SSSR count). The van der Waals surface area contributed by atoms with Crippen LogP contribution >= 0.6 is 0 Å². The van der Waals surface area contributed by atoms with Gasteiger partial charge in [-0.1, -0.05) is 19.1 Å². The van der Waals surface area contributed by atoms with Gasteiger partial charge in [-0.3, -0.25) is 4.98 Å². The zero-order valence-electron chi connectivity index (χ0n) is 10.3. The normalized spacial score (nSPS) is 12.1. The molecule has 0 amide bonds. The lowest BCUT2D eigenvalue weighted by Gasteiger charge is -2.15. The Morgan fingerprint density at radius 1 is 1.18 bits per heavy atom. The molecule has 1 aromatic heterocycles. The number of rotatable bonds is 4. The Morgan fingerprint density at radius 2 is 1.94 bits per heavy atom. The summed E-state index contributed by atoms with van der Waals surface area (Å²) in [5, 5.41) is 0. The smallest absolute Gasteiger partial charge is 0.121 e. The highest BCUT2D eigenvalue weighted by Crippen LogP contribution is 2.22. The Kier molecular flexibility index (Phi) is 3.76. The minimum atomic E-state index is 0.0464. The highest BCUT2D eigenvalue weighted by atomic mass is 16.5. The summed E-state index contributed by atoms with van der Waals surface area (Å²) in [6.45, 7) is 4.19. The van der Waals surface area contributed by atoms with Crippen LogP contribution < -0.4 is 4.74 Å². The van der Waals surface area contributed by atoms with E-state index in [1.165, 1.54) is 5.56 Å². The number of pyridine rings is 1. The lowest BCUT2D eigenvalue weighted by molar-refractivity contribution is 0.226. The second kappa shape index (κ2) is 5.48. The van der Waals surface area contributed by atoms with Crippen LogP contribution in [0.3, 0.4) is 0 Å². The first-order valence-corrected chi connectivity index (χ1v) is 5.95. The van der Waals surface area contributed by atoms with E-state index in [0.717, 1.165) is 17.7 Å². The van der Waals surface area contributed by atoms with Gasteiger partial charge in [0.15, 0.2) is 0 Å². The van der Waals surface area contributed by atoms with E-state index in [1.54, 1.807) is 12.4 Å². The molecule has 0 saturated carbocycles. The maximum Gasteiger partial charge on any atom is 0.121 e.